The van der Waals surface area contributed by atoms with Crippen LogP contribution in [0.4, 0.5) is 0 Å². The van der Waals surface area contributed by atoms with E-state index in [1.165, 1.54) is 4.88 Å². The molecule has 160 valence electrons. The Morgan fingerprint density at radius 1 is 1.33 bits per heavy atom. The Bertz CT molecular complexity index is 1030. The lowest BCUT2D eigenvalue weighted by Gasteiger charge is -2.30. The number of hydrogen-bond donors (Lipinski definition) is 1. The average molecular weight is 427 g/mol. The number of likely N-dealkylation sites (N-methyl/N-ethyl adjacent to an activating group) is 1. The molecule has 0 radical (unpaired) electrons. The fourth-order valence-corrected chi connectivity index (χ4v) is 4.54. The monoisotopic (exact) mass is 426 g/mol. The van der Waals surface area contributed by atoms with Gasteiger partial charge in [-0.25, -0.2) is 4.98 Å². The highest BCUT2D eigenvalue weighted by molar-refractivity contribution is 7.17. The first-order valence-electron chi connectivity index (χ1n) is 10.3. The maximum Gasteiger partial charge on any atom is 0.244 e. The molecule has 1 N–H and O–H groups in total. The molecule has 0 saturated heterocycles. The topological polar surface area (TPSA) is 58.9 Å². The van der Waals surface area contributed by atoms with Crippen LogP contribution < -0.4 is 10.1 Å². The minimum atomic E-state index is -0.114. The Morgan fingerprint density at radius 3 is 2.80 bits per heavy atom. The van der Waals surface area contributed by atoms with Crippen molar-refractivity contribution >= 4 is 28.3 Å². The summed E-state index contributed by atoms with van der Waals surface area (Å²) < 4.78 is 7.42. The summed E-state index contributed by atoms with van der Waals surface area (Å²) in [4.78, 5) is 21.6. The van der Waals surface area contributed by atoms with Crippen LogP contribution in [0, 0.1) is 13.8 Å². The van der Waals surface area contributed by atoms with Crippen molar-refractivity contribution in [1.29, 1.82) is 0 Å². The van der Waals surface area contributed by atoms with Crippen LogP contribution in [0.3, 0.4) is 0 Å². The van der Waals surface area contributed by atoms with Gasteiger partial charge in [-0.15, -0.1) is 11.3 Å². The number of carbonyl (C=O) groups excluding carboxylic acids is 1. The van der Waals surface area contributed by atoms with Crippen molar-refractivity contribution < 1.29 is 9.53 Å². The third-order valence-corrected chi connectivity index (χ3v) is 6.15. The van der Waals surface area contributed by atoms with E-state index in [0.29, 0.717) is 6.54 Å². The van der Waals surface area contributed by atoms with E-state index < -0.39 is 0 Å². The van der Waals surface area contributed by atoms with Crippen LogP contribution in [0.5, 0.6) is 5.75 Å². The van der Waals surface area contributed by atoms with Gasteiger partial charge in [-0.1, -0.05) is 26.0 Å². The number of imidazole rings is 1. The zero-order chi connectivity index (χ0) is 21.7. The van der Waals surface area contributed by atoms with E-state index in [9.17, 15) is 4.79 Å². The summed E-state index contributed by atoms with van der Waals surface area (Å²) in [5.41, 5.74) is 2.99. The van der Waals surface area contributed by atoms with Crippen LogP contribution in [0.15, 0.2) is 36.5 Å². The third kappa shape index (κ3) is 4.91. The molecule has 0 spiro atoms. The predicted octanol–water partition coefficient (Wildman–Crippen LogP) is 4.23. The van der Waals surface area contributed by atoms with Crippen LogP contribution >= 0.6 is 11.3 Å². The van der Waals surface area contributed by atoms with E-state index in [4.69, 9.17) is 4.74 Å². The van der Waals surface area contributed by atoms with Gasteiger partial charge in [0, 0.05) is 23.7 Å². The standard InChI is InChI=1S/C23H30N4O2S/c1-6-26(7-2)21(18-9-8-10-19(13-18)29-5)14-24-22(28)12-11-20-17(4)25-23-27(20)15-16(3)30-23/h8-13,15,21H,6-7,14H2,1-5H3,(H,24,28)/b12-11+/t21-/m1/s1. The van der Waals surface area contributed by atoms with Crippen molar-refractivity contribution in [1.82, 2.24) is 19.6 Å². The van der Waals surface area contributed by atoms with Gasteiger partial charge in [-0.2, -0.15) is 0 Å². The maximum absolute atomic E-state index is 12.6. The van der Waals surface area contributed by atoms with Crippen LogP contribution in [0.1, 0.15) is 41.7 Å². The van der Waals surface area contributed by atoms with Crippen molar-refractivity contribution in [2.45, 2.75) is 33.7 Å². The molecule has 1 amide bonds. The van der Waals surface area contributed by atoms with Gasteiger partial charge in [0.15, 0.2) is 4.96 Å². The molecule has 0 aliphatic rings. The number of thiazole rings is 1. The van der Waals surface area contributed by atoms with Gasteiger partial charge in [-0.3, -0.25) is 14.1 Å². The number of carbonyl (C=O) groups is 1. The minimum Gasteiger partial charge on any atom is -0.497 e. The number of amides is 1. The van der Waals surface area contributed by atoms with Crippen molar-refractivity contribution in [2.24, 2.45) is 0 Å². The number of benzene rings is 1. The SMILES string of the molecule is CCN(CC)[C@H](CNC(=O)/C=C/c1c(C)nc2sc(C)cn12)c1cccc(OC)c1. The normalized spacial score (nSPS) is 12.7. The van der Waals surface area contributed by atoms with Crippen molar-refractivity contribution in [3.05, 3.63) is 58.4 Å². The van der Waals surface area contributed by atoms with E-state index in [0.717, 1.165) is 40.8 Å². The Morgan fingerprint density at radius 2 is 2.10 bits per heavy atom. The van der Waals surface area contributed by atoms with Gasteiger partial charge >= 0.3 is 0 Å². The predicted molar refractivity (Wildman–Crippen MR) is 123 cm³/mol. The van der Waals surface area contributed by atoms with Gasteiger partial charge in [0.05, 0.1) is 24.5 Å². The first-order valence-corrected chi connectivity index (χ1v) is 11.1. The van der Waals surface area contributed by atoms with E-state index in [1.807, 2.05) is 35.6 Å². The number of methoxy groups -OCH3 is 1. The lowest BCUT2D eigenvalue weighted by molar-refractivity contribution is -0.116. The largest absolute Gasteiger partial charge is 0.497 e. The number of nitrogens with zero attached hydrogens (tertiary/aromatic N) is 3. The summed E-state index contributed by atoms with van der Waals surface area (Å²) in [6.45, 7) is 10.6. The molecule has 1 atom stereocenters. The van der Waals surface area contributed by atoms with Crippen LogP contribution in [0.25, 0.3) is 11.0 Å². The summed E-state index contributed by atoms with van der Waals surface area (Å²) in [5, 5.41) is 3.07. The Hall–Kier alpha value is -2.64. The molecule has 0 aliphatic heterocycles. The molecule has 7 heteroatoms. The molecule has 3 aromatic rings. The zero-order valence-electron chi connectivity index (χ0n) is 18.3. The molecule has 1 aromatic carbocycles. The lowest BCUT2D eigenvalue weighted by Crippen LogP contribution is -2.37. The summed E-state index contributed by atoms with van der Waals surface area (Å²) >= 11 is 1.65. The molecule has 2 heterocycles. The Labute approximate surface area is 182 Å². The average Bonchev–Trinajstić information content (AvgIpc) is 3.23. The van der Waals surface area contributed by atoms with E-state index in [2.05, 4.69) is 48.2 Å². The van der Waals surface area contributed by atoms with Crippen molar-refractivity contribution in [3.63, 3.8) is 0 Å². The highest BCUT2D eigenvalue weighted by Gasteiger charge is 2.19. The number of fused-ring (bicyclic) bond motifs is 1. The molecule has 6 nitrogen and oxygen atoms in total. The molecule has 0 aliphatic carbocycles. The maximum atomic E-state index is 12.6. The van der Waals surface area contributed by atoms with Gasteiger partial charge in [-0.05, 0) is 50.7 Å². The number of aromatic nitrogens is 2. The van der Waals surface area contributed by atoms with E-state index >= 15 is 0 Å². The van der Waals surface area contributed by atoms with Crippen LogP contribution in [-0.4, -0.2) is 46.9 Å². The van der Waals surface area contributed by atoms with Crippen molar-refractivity contribution in [3.8, 4) is 5.75 Å². The molecule has 0 bridgehead atoms. The highest BCUT2D eigenvalue weighted by atomic mass is 32.1. The fourth-order valence-electron chi connectivity index (χ4n) is 3.66. The zero-order valence-corrected chi connectivity index (χ0v) is 19.1. The number of nitrogens with one attached hydrogen (secondary N) is 1. The van der Waals surface area contributed by atoms with Crippen LogP contribution in [0.2, 0.25) is 0 Å². The quantitative estimate of drug-likeness (QED) is 0.520. The smallest absolute Gasteiger partial charge is 0.244 e. The molecule has 0 fully saturated rings. The molecular formula is C23H30N4O2S. The summed E-state index contributed by atoms with van der Waals surface area (Å²) in [6.07, 6.45) is 5.49. The first kappa shape index (κ1) is 22.1. The highest BCUT2D eigenvalue weighted by Crippen LogP contribution is 2.24. The molecular weight excluding hydrogens is 396 g/mol. The number of hydrogen-bond acceptors (Lipinski definition) is 5. The molecule has 0 saturated carbocycles. The van der Waals surface area contributed by atoms with Gasteiger partial charge in [0.2, 0.25) is 5.91 Å². The first-order chi connectivity index (χ1) is 14.5. The number of aryl methyl sites for hydroxylation is 2. The molecule has 30 heavy (non-hydrogen) atoms. The summed E-state index contributed by atoms with van der Waals surface area (Å²) in [5.74, 6) is 0.707. The molecule has 0 unspecified atom stereocenters. The fraction of sp³-hybridized carbons (Fsp3) is 0.391. The molecule has 2 aromatic heterocycles. The van der Waals surface area contributed by atoms with Gasteiger partial charge in [0.1, 0.15) is 5.75 Å². The van der Waals surface area contributed by atoms with Crippen LogP contribution in [-0.2, 0) is 4.79 Å². The van der Waals surface area contributed by atoms with E-state index in [1.54, 1.807) is 24.5 Å². The second kappa shape index (κ2) is 9.91. The minimum absolute atomic E-state index is 0.0791. The van der Waals surface area contributed by atoms with Gasteiger partial charge in [0.25, 0.3) is 0 Å². The second-order valence-corrected chi connectivity index (χ2v) is 8.38. The van der Waals surface area contributed by atoms with Crippen molar-refractivity contribution in [2.75, 3.05) is 26.7 Å². The number of ether oxygens (including phenoxy) is 1. The second-order valence-electron chi connectivity index (χ2n) is 7.17. The third-order valence-electron chi connectivity index (χ3n) is 5.26. The Balaban J connectivity index is 1.73. The summed E-state index contributed by atoms with van der Waals surface area (Å²) in [7, 11) is 1.67. The summed E-state index contributed by atoms with van der Waals surface area (Å²) in [6, 6.07) is 8.12. The number of rotatable bonds is 9. The lowest BCUT2D eigenvalue weighted by atomic mass is 10.0. The molecule has 3 rings (SSSR count). The Kier molecular flexibility index (Phi) is 7.29. The van der Waals surface area contributed by atoms with Gasteiger partial charge < -0.3 is 10.1 Å². The van der Waals surface area contributed by atoms with E-state index in [-0.39, 0.29) is 11.9 Å².